The molecule has 0 radical (unpaired) electrons. The Labute approximate surface area is 174 Å². The van der Waals surface area contributed by atoms with E-state index in [0.717, 1.165) is 42.6 Å². The van der Waals surface area contributed by atoms with Crippen molar-refractivity contribution in [2.24, 2.45) is 0 Å². The Morgan fingerprint density at radius 1 is 1.14 bits per heavy atom. The molecular formula is C22H23N5OS. The minimum absolute atomic E-state index is 0.185. The average Bonchev–Trinajstić information content (AvgIpc) is 3.51. The van der Waals surface area contributed by atoms with Crippen molar-refractivity contribution >= 4 is 11.3 Å². The van der Waals surface area contributed by atoms with E-state index >= 15 is 0 Å². The summed E-state index contributed by atoms with van der Waals surface area (Å²) in [7, 11) is 0. The molecule has 0 amide bonds. The first-order valence-corrected chi connectivity index (χ1v) is 10.6. The first kappa shape index (κ1) is 18.1. The summed E-state index contributed by atoms with van der Waals surface area (Å²) in [6.07, 6.45) is 10.5. The van der Waals surface area contributed by atoms with Gasteiger partial charge < -0.3 is 9.30 Å². The monoisotopic (exact) mass is 405 g/mol. The van der Waals surface area contributed by atoms with Crippen LogP contribution < -0.4 is 4.74 Å². The third kappa shape index (κ3) is 3.83. The van der Waals surface area contributed by atoms with Gasteiger partial charge in [0.25, 0.3) is 0 Å². The normalized spacial score (nSPS) is 19.6. The second kappa shape index (κ2) is 7.50. The fourth-order valence-electron chi connectivity index (χ4n) is 3.92. The van der Waals surface area contributed by atoms with Gasteiger partial charge in [0.2, 0.25) is 0 Å². The summed E-state index contributed by atoms with van der Waals surface area (Å²) < 4.78 is 10.6. The van der Waals surface area contributed by atoms with Crippen LogP contribution in [0.4, 0.5) is 0 Å². The Kier molecular flexibility index (Phi) is 4.69. The van der Waals surface area contributed by atoms with E-state index in [1.807, 2.05) is 34.5 Å². The van der Waals surface area contributed by atoms with Gasteiger partial charge in [-0.1, -0.05) is 0 Å². The highest BCUT2D eigenvalue weighted by Crippen LogP contribution is 2.29. The Balaban J connectivity index is 1.24. The number of benzene rings is 1. The predicted molar refractivity (Wildman–Crippen MR) is 114 cm³/mol. The van der Waals surface area contributed by atoms with Gasteiger partial charge in [-0.05, 0) is 43.3 Å². The zero-order valence-electron chi connectivity index (χ0n) is 16.3. The van der Waals surface area contributed by atoms with E-state index in [1.165, 1.54) is 5.69 Å². The van der Waals surface area contributed by atoms with Gasteiger partial charge in [-0.15, -0.1) is 11.3 Å². The van der Waals surface area contributed by atoms with Crippen molar-refractivity contribution in [2.75, 3.05) is 13.1 Å². The fourth-order valence-corrected chi connectivity index (χ4v) is 4.58. The fraction of sp³-hybridized carbons (Fsp3) is 0.273. The molecule has 4 heterocycles. The molecule has 0 spiro atoms. The van der Waals surface area contributed by atoms with Gasteiger partial charge >= 0.3 is 0 Å². The number of aromatic nitrogens is 4. The lowest BCUT2D eigenvalue weighted by Gasteiger charge is -2.26. The summed E-state index contributed by atoms with van der Waals surface area (Å²) in [5.74, 6) is 0.907. The lowest BCUT2D eigenvalue weighted by Crippen LogP contribution is -2.36. The van der Waals surface area contributed by atoms with Gasteiger partial charge in [0.05, 0.1) is 6.33 Å². The number of thiazole rings is 1. The maximum Gasteiger partial charge on any atom is 0.193 e. The number of likely N-dealkylation sites (tertiary alicyclic amines) is 1. The molecule has 29 heavy (non-hydrogen) atoms. The van der Waals surface area contributed by atoms with Crippen LogP contribution in [-0.2, 0) is 6.54 Å². The van der Waals surface area contributed by atoms with Crippen molar-refractivity contribution in [3.63, 3.8) is 0 Å². The Morgan fingerprint density at radius 2 is 2.03 bits per heavy atom. The van der Waals surface area contributed by atoms with Gasteiger partial charge in [-0.3, -0.25) is 9.47 Å². The van der Waals surface area contributed by atoms with Crippen LogP contribution in [0.3, 0.4) is 0 Å². The zero-order valence-corrected chi connectivity index (χ0v) is 17.1. The molecule has 1 aliphatic rings. The third-order valence-corrected chi connectivity index (χ3v) is 6.13. The van der Waals surface area contributed by atoms with E-state index in [-0.39, 0.29) is 5.60 Å². The second-order valence-electron chi connectivity index (χ2n) is 7.66. The minimum atomic E-state index is -0.185. The number of imidazole rings is 1. The van der Waals surface area contributed by atoms with E-state index in [4.69, 9.17) is 4.74 Å². The van der Waals surface area contributed by atoms with Crippen LogP contribution in [0.1, 0.15) is 19.0 Å². The molecule has 1 fully saturated rings. The average molecular weight is 406 g/mol. The van der Waals surface area contributed by atoms with E-state index in [0.29, 0.717) is 0 Å². The van der Waals surface area contributed by atoms with Crippen LogP contribution in [0.2, 0.25) is 0 Å². The molecule has 1 aromatic carbocycles. The lowest BCUT2D eigenvalue weighted by molar-refractivity contribution is 0.0948. The summed E-state index contributed by atoms with van der Waals surface area (Å²) in [5, 5.41) is 3.03. The minimum Gasteiger partial charge on any atom is -0.486 e. The molecule has 5 rings (SSSR count). The Hall–Kier alpha value is -2.90. The molecule has 7 heteroatoms. The van der Waals surface area contributed by atoms with Crippen molar-refractivity contribution < 1.29 is 4.74 Å². The quantitative estimate of drug-likeness (QED) is 0.483. The molecule has 1 unspecified atom stereocenters. The SMILES string of the molecule is CC1(Oc2ccc(-n3ccnc3)cc2)CCN(Cc2cccn2-c2nccs2)C1. The van der Waals surface area contributed by atoms with Crippen molar-refractivity contribution in [3.05, 3.63) is 78.6 Å². The van der Waals surface area contributed by atoms with E-state index < -0.39 is 0 Å². The molecule has 0 bridgehead atoms. The number of rotatable bonds is 6. The molecule has 148 valence electrons. The van der Waals surface area contributed by atoms with Crippen LogP contribution in [0.25, 0.3) is 10.8 Å². The summed E-state index contributed by atoms with van der Waals surface area (Å²) in [5.41, 5.74) is 2.15. The molecule has 4 aromatic rings. The van der Waals surface area contributed by atoms with Crippen molar-refractivity contribution in [2.45, 2.75) is 25.5 Å². The van der Waals surface area contributed by atoms with Crippen molar-refractivity contribution in [1.29, 1.82) is 0 Å². The van der Waals surface area contributed by atoms with Gasteiger partial charge in [0.15, 0.2) is 5.13 Å². The summed E-state index contributed by atoms with van der Waals surface area (Å²) >= 11 is 1.66. The smallest absolute Gasteiger partial charge is 0.193 e. The third-order valence-electron chi connectivity index (χ3n) is 5.36. The first-order valence-electron chi connectivity index (χ1n) is 9.74. The molecule has 1 aliphatic heterocycles. The molecular weight excluding hydrogens is 382 g/mol. The van der Waals surface area contributed by atoms with Gasteiger partial charge in [0, 0.05) is 67.6 Å². The number of nitrogens with zero attached hydrogens (tertiary/aromatic N) is 5. The van der Waals surface area contributed by atoms with Crippen LogP contribution in [-0.4, -0.2) is 42.7 Å². The Morgan fingerprint density at radius 3 is 2.79 bits per heavy atom. The van der Waals surface area contributed by atoms with Gasteiger partial charge in [-0.25, -0.2) is 9.97 Å². The predicted octanol–water partition coefficient (Wildman–Crippen LogP) is 4.16. The molecule has 1 saturated heterocycles. The molecule has 0 N–H and O–H groups in total. The molecule has 0 saturated carbocycles. The van der Waals surface area contributed by atoms with Gasteiger partial charge in [-0.2, -0.15) is 0 Å². The number of hydrogen-bond donors (Lipinski definition) is 0. The molecule has 1 atom stereocenters. The highest BCUT2D eigenvalue weighted by molar-refractivity contribution is 7.12. The highest BCUT2D eigenvalue weighted by atomic mass is 32.1. The van der Waals surface area contributed by atoms with Crippen LogP contribution >= 0.6 is 11.3 Å². The van der Waals surface area contributed by atoms with Crippen molar-refractivity contribution in [1.82, 2.24) is 24.0 Å². The first-order chi connectivity index (χ1) is 14.2. The molecule has 3 aromatic heterocycles. The molecule has 6 nitrogen and oxygen atoms in total. The topological polar surface area (TPSA) is 48.1 Å². The summed E-state index contributed by atoms with van der Waals surface area (Å²) in [4.78, 5) is 11.0. The highest BCUT2D eigenvalue weighted by Gasteiger charge is 2.36. The van der Waals surface area contributed by atoms with Crippen LogP contribution in [0.5, 0.6) is 5.75 Å². The summed E-state index contributed by atoms with van der Waals surface area (Å²) in [6.45, 7) is 5.02. The van der Waals surface area contributed by atoms with E-state index in [9.17, 15) is 0 Å². The zero-order chi connectivity index (χ0) is 19.7. The maximum atomic E-state index is 6.40. The lowest BCUT2D eigenvalue weighted by atomic mass is 10.1. The van der Waals surface area contributed by atoms with Crippen LogP contribution in [0, 0.1) is 0 Å². The maximum absolute atomic E-state index is 6.40. The largest absolute Gasteiger partial charge is 0.486 e. The number of ether oxygens (including phenoxy) is 1. The second-order valence-corrected chi connectivity index (χ2v) is 8.53. The summed E-state index contributed by atoms with van der Waals surface area (Å²) in [6, 6.07) is 12.5. The molecule has 0 aliphatic carbocycles. The standard InChI is InChI=1S/C22H23N5OS/c1-22(28-20-6-4-18(5-7-20)26-13-9-23-17-26)8-12-25(16-22)15-19-3-2-11-27(19)21-24-10-14-29-21/h2-7,9-11,13-14,17H,8,12,15-16H2,1H3. The van der Waals surface area contributed by atoms with E-state index in [2.05, 4.69) is 56.8 Å². The van der Waals surface area contributed by atoms with Gasteiger partial charge in [0.1, 0.15) is 11.4 Å². The van der Waals surface area contributed by atoms with Crippen molar-refractivity contribution in [3.8, 4) is 16.6 Å². The Bertz CT molecular complexity index is 1060. The van der Waals surface area contributed by atoms with Crippen LogP contribution in [0.15, 0.2) is 72.9 Å². The number of hydrogen-bond acceptors (Lipinski definition) is 5. The van der Waals surface area contributed by atoms with E-state index in [1.54, 1.807) is 23.9 Å².